The molecule has 12 heteroatoms. The third-order valence-electron chi connectivity index (χ3n) is 5.04. The number of rotatable bonds is 11. The molecule has 11 nitrogen and oxygen atoms in total. The summed E-state index contributed by atoms with van der Waals surface area (Å²) in [6, 6.07) is 10.8. The SMILES string of the molecule is COc1cc(S(=O)(=O)NC(Cc2ccccc2)C(=O)O)ccc1C(=O)NCCN(C)C(=O)OC(C)(C)C. The quantitative estimate of drug-likeness (QED) is 0.396. The first-order valence-corrected chi connectivity index (χ1v) is 12.9. The maximum atomic E-state index is 12.9. The van der Waals surface area contributed by atoms with Crippen molar-refractivity contribution in [2.75, 3.05) is 27.2 Å². The van der Waals surface area contributed by atoms with Crippen molar-refractivity contribution in [3.8, 4) is 5.75 Å². The molecule has 0 radical (unpaired) electrons. The molecule has 0 saturated heterocycles. The van der Waals surface area contributed by atoms with Crippen molar-refractivity contribution in [3.63, 3.8) is 0 Å². The molecule has 202 valence electrons. The number of hydrogen-bond donors (Lipinski definition) is 3. The number of benzene rings is 2. The number of carbonyl (C=O) groups excluding carboxylic acids is 2. The topological polar surface area (TPSA) is 151 Å². The van der Waals surface area contributed by atoms with Gasteiger partial charge in [0, 0.05) is 26.2 Å². The number of amides is 2. The second-order valence-electron chi connectivity index (χ2n) is 9.22. The van der Waals surface area contributed by atoms with Gasteiger partial charge in [0.1, 0.15) is 17.4 Å². The van der Waals surface area contributed by atoms with E-state index >= 15 is 0 Å². The highest BCUT2D eigenvalue weighted by Gasteiger charge is 2.27. The number of nitrogens with one attached hydrogen (secondary N) is 2. The number of nitrogens with zero attached hydrogens (tertiary/aromatic N) is 1. The van der Waals surface area contributed by atoms with Crippen molar-refractivity contribution in [2.45, 2.75) is 43.7 Å². The Balaban J connectivity index is 2.09. The van der Waals surface area contributed by atoms with Gasteiger partial charge >= 0.3 is 12.1 Å². The summed E-state index contributed by atoms with van der Waals surface area (Å²) >= 11 is 0. The van der Waals surface area contributed by atoms with Crippen LogP contribution in [0.15, 0.2) is 53.4 Å². The number of sulfonamides is 1. The van der Waals surface area contributed by atoms with E-state index in [1.54, 1.807) is 51.1 Å². The molecule has 2 amide bonds. The van der Waals surface area contributed by atoms with Gasteiger partial charge in [-0.3, -0.25) is 9.59 Å². The number of carbonyl (C=O) groups is 3. The van der Waals surface area contributed by atoms with Gasteiger partial charge in [-0.1, -0.05) is 30.3 Å². The fourth-order valence-corrected chi connectivity index (χ4v) is 4.38. The summed E-state index contributed by atoms with van der Waals surface area (Å²) in [7, 11) is -1.44. The third-order valence-corrected chi connectivity index (χ3v) is 6.51. The molecule has 0 heterocycles. The number of likely N-dealkylation sites (N-methyl/N-ethyl adjacent to an activating group) is 1. The van der Waals surface area contributed by atoms with Crippen LogP contribution in [-0.2, 0) is 26.0 Å². The van der Waals surface area contributed by atoms with E-state index in [9.17, 15) is 27.9 Å². The van der Waals surface area contributed by atoms with E-state index in [2.05, 4.69) is 10.0 Å². The van der Waals surface area contributed by atoms with E-state index in [-0.39, 0.29) is 35.7 Å². The first-order valence-electron chi connectivity index (χ1n) is 11.4. The highest BCUT2D eigenvalue weighted by molar-refractivity contribution is 7.89. The molecule has 2 aromatic rings. The monoisotopic (exact) mass is 535 g/mol. The zero-order valence-corrected chi connectivity index (χ0v) is 22.3. The lowest BCUT2D eigenvalue weighted by molar-refractivity contribution is -0.138. The van der Waals surface area contributed by atoms with E-state index in [0.29, 0.717) is 5.56 Å². The third kappa shape index (κ3) is 9.07. The molecule has 0 spiro atoms. The minimum absolute atomic E-state index is 0.0178. The molecule has 0 aromatic heterocycles. The number of ether oxygens (including phenoxy) is 2. The second kappa shape index (κ2) is 12.5. The molecule has 0 aliphatic heterocycles. The molecule has 0 aliphatic rings. The lowest BCUT2D eigenvalue weighted by Crippen LogP contribution is -2.42. The van der Waals surface area contributed by atoms with Crippen molar-refractivity contribution in [1.29, 1.82) is 0 Å². The molecule has 0 bridgehead atoms. The largest absolute Gasteiger partial charge is 0.496 e. The summed E-state index contributed by atoms with van der Waals surface area (Å²) in [6.07, 6.45) is -0.585. The van der Waals surface area contributed by atoms with Crippen molar-refractivity contribution < 1.29 is 37.4 Å². The molecule has 1 atom stereocenters. The highest BCUT2D eigenvalue weighted by atomic mass is 32.2. The standard InChI is InChI=1S/C25H33N3O8S/c1-25(2,3)36-24(32)28(4)14-13-26-22(29)19-12-11-18(16-21(19)35-5)37(33,34)27-20(23(30)31)15-17-9-7-6-8-10-17/h6-12,16,20,27H,13-15H2,1-5H3,(H,26,29)(H,30,31). The Labute approximate surface area is 216 Å². The number of hydrogen-bond acceptors (Lipinski definition) is 7. The predicted octanol–water partition coefficient (Wildman–Crippen LogP) is 2.27. The van der Waals surface area contributed by atoms with E-state index in [0.717, 1.165) is 6.07 Å². The average molecular weight is 536 g/mol. The Morgan fingerprint density at radius 2 is 1.73 bits per heavy atom. The summed E-state index contributed by atoms with van der Waals surface area (Å²) < 4.78 is 38.5. The van der Waals surface area contributed by atoms with Gasteiger partial charge in [-0.15, -0.1) is 0 Å². The lowest BCUT2D eigenvalue weighted by Gasteiger charge is -2.24. The molecule has 1 unspecified atom stereocenters. The van der Waals surface area contributed by atoms with Crippen molar-refractivity contribution in [3.05, 3.63) is 59.7 Å². The molecule has 2 rings (SSSR count). The van der Waals surface area contributed by atoms with Crippen LogP contribution < -0.4 is 14.8 Å². The minimum atomic E-state index is -4.25. The van der Waals surface area contributed by atoms with Gasteiger partial charge in [-0.25, -0.2) is 13.2 Å². The van der Waals surface area contributed by atoms with E-state index in [1.807, 2.05) is 0 Å². The maximum absolute atomic E-state index is 12.9. The number of carboxylic acids is 1. The van der Waals surface area contributed by atoms with Gasteiger partial charge in [0.05, 0.1) is 17.6 Å². The maximum Gasteiger partial charge on any atom is 0.410 e. The predicted molar refractivity (Wildman–Crippen MR) is 136 cm³/mol. The summed E-state index contributed by atoms with van der Waals surface area (Å²) in [6.45, 7) is 5.53. The van der Waals surface area contributed by atoms with Crippen LogP contribution in [0.3, 0.4) is 0 Å². The van der Waals surface area contributed by atoms with Gasteiger partial charge in [-0.05, 0) is 44.9 Å². The van der Waals surface area contributed by atoms with E-state index in [4.69, 9.17) is 9.47 Å². The van der Waals surface area contributed by atoms with Crippen LogP contribution in [0.1, 0.15) is 36.7 Å². The first-order chi connectivity index (χ1) is 17.2. The van der Waals surface area contributed by atoms with E-state index in [1.165, 1.54) is 31.2 Å². The Morgan fingerprint density at radius 1 is 1.08 bits per heavy atom. The molecule has 3 N–H and O–H groups in total. The summed E-state index contributed by atoms with van der Waals surface area (Å²) in [5.41, 5.74) is 0.0743. The zero-order valence-electron chi connectivity index (χ0n) is 21.5. The minimum Gasteiger partial charge on any atom is -0.496 e. The van der Waals surface area contributed by atoms with Crippen LogP contribution in [0.2, 0.25) is 0 Å². The molecule has 37 heavy (non-hydrogen) atoms. The van der Waals surface area contributed by atoms with Crippen LogP contribution in [0.4, 0.5) is 4.79 Å². The Hall–Kier alpha value is -3.64. The first kappa shape index (κ1) is 29.6. The normalized spacial score (nSPS) is 12.4. The van der Waals surface area contributed by atoms with Crippen LogP contribution in [-0.4, -0.2) is 75.3 Å². The van der Waals surface area contributed by atoms with Crippen LogP contribution in [0.5, 0.6) is 5.75 Å². The van der Waals surface area contributed by atoms with Gasteiger partial charge in [0.2, 0.25) is 10.0 Å². The Morgan fingerprint density at radius 3 is 2.30 bits per heavy atom. The molecule has 0 saturated carbocycles. The van der Waals surface area contributed by atoms with Crippen molar-refractivity contribution in [2.24, 2.45) is 0 Å². The fraction of sp³-hybridized carbons (Fsp3) is 0.400. The summed E-state index contributed by atoms with van der Waals surface area (Å²) in [5, 5.41) is 12.2. The van der Waals surface area contributed by atoms with Crippen LogP contribution >= 0.6 is 0 Å². The van der Waals surface area contributed by atoms with Crippen LogP contribution in [0, 0.1) is 0 Å². The van der Waals surface area contributed by atoms with Gasteiger partial charge in [-0.2, -0.15) is 4.72 Å². The molecular formula is C25H33N3O8S. The Bertz CT molecular complexity index is 1210. The molecular weight excluding hydrogens is 502 g/mol. The number of methoxy groups -OCH3 is 1. The number of aliphatic carboxylic acids is 1. The molecule has 0 fully saturated rings. The van der Waals surface area contributed by atoms with Gasteiger partial charge in [0.25, 0.3) is 5.91 Å². The van der Waals surface area contributed by atoms with Gasteiger partial charge in [0.15, 0.2) is 0 Å². The van der Waals surface area contributed by atoms with Gasteiger partial charge < -0.3 is 24.8 Å². The smallest absolute Gasteiger partial charge is 0.410 e. The fourth-order valence-electron chi connectivity index (χ4n) is 3.17. The van der Waals surface area contributed by atoms with Crippen molar-refractivity contribution >= 4 is 28.0 Å². The zero-order chi connectivity index (χ0) is 27.8. The molecule has 0 aliphatic carbocycles. The van der Waals surface area contributed by atoms with Crippen molar-refractivity contribution in [1.82, 2.24) is 14.9 Å². The lowest BCUT2D eigenvalue weighted by atomic mass is 10.1. The van der Waals surface area contributed by atoms with E-state index < -0.39 is 39.6 Å². The summed E-state index contributed by atoms with van der Waals surface area (Å²) in [5.74, 6) is -1.89. The average Bonchev–Trinajstić information content (AvgIpc) is 2.82. The summed E-state index contributed by atoms with van der Waals surface area (Å²) in [4.78, 5) is 37.5. The Kier molecular flexibility index (Phi) is 10.0. The second-order valence-corrected chi connectivity index (χ2v) is 10.9. The van der Waals surface area contributed by atoms with Crippen LogP contribution in [0.25, 0.3) is 0 Å². The molecule has 2 aromatic carbocycles. The highest BCUT2D eigenvalue weighted by Crippen LogP contribution is 2.23. The number of carboxylic acid groups (broad SMARTS) is 1.